The number of nitrogens with one attached hydrogen (secondary N) is 2. The normalized spacial score (nSPS) is 9.38. The van der Waals surface area contributed by atoms with Crippen LogP contribution in [0.4, 0.5) is 0 Å². The van der Waals surface area contributed by atoms with E-state index in [0.717, 1.165) is 4.47 Å². The van der Waals surface area contributed by atoms with Crippen molar-refractivity contribution < 1.29 is 26.6 Å². The zero-order valence-electron chi connectivity index (χ0n) is 10.9. The molecule has 0 aliphatic rings. The summed E-state index contributed by atoms with van der Waals surface area (Å²) < 4.78 is 2.51. The zero-order valence-corrected chi connectivity index (χ0v) is 13.3. The summed E-state index contributed by atoms with van der Waals surface area (Å²) in [5.41, 5.74) is 5.21. The monoisotopic (exact) mass is 369 g/mol. The molecule has 2 rings (SSSR count). The van der Waals surface area contributed by atoms with Gasteiger partial charge in [0.15, 0.2) is 12.4 Å². The Morgan fingerprint density at radius 1 is 1.05 bits per heavy atom. The Balaban J connectivity index is 0.00000220. The average Bonchev–Trinajstić information content (AvgIpc) is 2.46. The van der Waals surface area contributed by atoms with Crippen LogP contribution in [0.25, 0.3) is 0 Å². The Morgan fingerprint density at radius 3 is 2.43 bits per heavy atom. The lowest BCUT2D eigenvalue weighted by Crippen LogP contribution is -3.00. The summed E-state index contributed by atoms with van der Waals surface area (Å²) in [4.78, 5) is 23.5. The Labute approximate surface area is 136 Å². The first-order valence-corrected chi connectivity index (χ1v) is 6.73. The van der Waals surface area contributed by atoms with Crippen LogP contribution in [0.15, 0.2) is 59.3 Å². The van der Waals surface area contributed by atoms with Crippen molar-refractivity contribution in [3.8, 4) is 0 Å². The molecule has 2 amide bonds. The standard InChI is InChI=1S/C14H12BrN3O2.ClH/c15-12-6-4-5-11(9-12)14(20)17-16-13(19)10-18-7-2-1-3-8-18;/h1-9H,10H2,(H-,16,17,19,20);1H. The van der Waals surface area contributed by atoms with Crippen LogP contribution in [-0.4, -0.2) is 11.8 Å². The SMILES string of the molecule is O=C(C[n+]1ccccc1)NNC(=O)c1cccc(Br)c1.[Cl-]. The molecule has 1 heterocycles. The zero-order chi connectivity index (χ0) is 14.4. The number of nitrogens with zero attached hydrogens (tertiary/aromatic N) is 1. The minimum Gasteiger partial charge on any atom is -1.00 e. The molecule has 0 aliphatic carbocycles. The second-order valence-electron chi connectivity index (χ2n) is 4.06. The number of benzene rings is 1. The van der Waals surface area contributed by atoms with Crippen LogP contribution in [0.3, 0.4) is 0 Å². The van der Waals surface area contributed by atoms with Crippen LogP contribution in [-0.2, 0) is 11.3 Å². The van der Waals surface area contributed by atoms with Crippen LogP contribution < -0.4 is 27.8 Å². The number of hydrogen-bond donors (Lipinski definition) is 2. The van der Waals surface area contributed by atoms with E-state index < -0.39 is 0 Å². The topological polar surface area (TPSA) is 62.1 Å². The van der Waals surface area contributed by atoms with Gasteiger partial charge >= 0.3 is 5.91 Å². The van der Waals surface area contributed by atoms with Gasteiger partial charge in [-0.2, -0.15) is 4.57 Å². The summed E-state index contributed by atoms with van der Waals surface area (Å²) >= 11 is 3.28. The van der Waals surface area contributed by atoms with Gasteiger partial charge in [-0.05, 0) is 18.2 Å². The fraction of sp³-hybridized carbons (Fsp3) is 0.0714. The molecule has 110 valence electrons. The van der Waals surface area contributed by atoms with E-state index in [2.05, 4.69) is 26.8 Å². The number of pyridine rings is 1. The minimum atomic E-state index is -0.363. The lowest BCUT2D eigenvalue weighted by atomic mass is 10.2. The van der Waals surface area contributed by atoms with E-state index in [4.69, 9.17) is 0 Å². The highest BCUT2D eigenvalue weighted by Gasteiger charge is 2.10. The van der Waals surface area contributed by atoms with Gasteiger partial charge in [0.2, 0.25) is 6.54 Å². The molecule has 5 nitrogen and oxygen atoms in total. The predicted molar refractivity (Wildman–Crippen MR) is 76.4 cm³/mol. The molecule has 0 fully saturated rings. The maximum absolute atomic E-state index is 11.8. The molecule has 0 atom stereocenters. The van der Waals surface area contributed by atoms with Gasteiger partial charge in [0.1, 0.15) is 0 Å². The van der Waals surface area contributed by atoms with Crippen LogP contribution in [0.2, 0.25) is 0 Å². The van der Waals surface area contributed by atoms with Crippen molar-refractivity contribution in [2.45, 2.75) is 6.54 Å². The molecule has 0 spiro atoms. The predicted octanol–water partition coefficient (Wildman–Crippen LogP) is -1.80. The van der Waals surface area contributed by atoms with Gasteiger partial charge in [0.05, 0.1) is 0 Å². The van der Waals surface area contributed by atoms with Crippen molar-refractivity contribution in [2.75, 3.05) is 0 Å². The summed E-state index contributed by atoms with van der Waals surface area (Å²) in [6.45, 7) is 0.138. The largest absolute Gasteiger partial charge is 1.00 e. The van der Waals surface area contributed by atoms with E-state index in [9.17, 15) is 9.59 Å². The molecule has 0 saturated carbocycles. The molecule has 7 heteroatoms. The third kappa shape index (κ3) is 5.53. The van der Waals surface area contributed by atoms with E-state index in [1.54, 1.807) is 35.2 Å². The third-order valence-electron chi connectivity index (χ3n) is 2.51. The Morgan fingerprint density at radius 2 is 1.76 bits per heavy atom. The van der Waals surface area contributed by atoms with Gasteiger partial charge in [-0.25, -0.2) is 0 Å². The number of aromatic nitrogens is 1. The van der Waals surface area contributed by atoms with E-state index in [0.29, 0.717) is 5.56 Å². The van der Waals surface area contributed by atoms with Crippen molar-refractivity contribution in [3.63, 3.8) is 0 Å². The van der Waals surface area contributed by atoms with Crippen LogP contribution in [0.1, 0.15) is 10.4 Å². The van der Waals surface area contributed by atoms with Gasteiger partial charge < -0.3 is 12.4 Å². The van der Waals surface area contributed by atoms with E-state index in [1.165, 1.54) is 0 Å². The van der Waals surface area contributed by atoms with Gasteiger partial charge in [0.25, 0.3) is 5.91 Å². The molecular formula is C14H13BrClN3O2. The third-order valence-corrected chi connectivity index (χ3v) is 3.00. The molecule has 1 aromatic carbocycles. The molecule has 2 aromatic rings. The van der Waals surface area contributed by atoms with Crippen molar-refractivity contribution >= 4 is 27.7 Å². The first-order chi connectivity index (χ1) is 9.65. The molecule has 0 saturated heterocycles. The molecule has 0 bridgehead atoms. The lowest BCUT2D eigenvalue weighted by molar-refractivity contribution is -0.684. The molecule has 0 radical (unpaired) electrons. The average molecular weight is 371 g/mol. The first kappa shape index (κ1) is 17.1. The Hall–Kier alpha value is -1.92. The highest BCUT2D eigenvalue weighted by molar-refractivity contribution is 9.10. The maximum Gasteiger partial charge on any atom is 0.304 e. The maximum atomic E-state index is 11.8. The van der Waals surface area contributed by atoms with Crippen molar-refractivity contribution in [3.05, 3.63) is 64.9 Å². The number of carbonyl (C=O) groups is 2. The number of rotatable bonds is 3. The fourth-order valence-electron chi connectivity index (χ4n) is 1.57. The lowest BCUT2D eigenvalue weighted by Gasteiger charge is -2.06. The summed E-state index contributed by atoms with van der Waals surface area (Å²) in [6.07, 6.45) is 3.55. The highest BCUT2D eigenvalue weighted by atomic mass is 79.9. The fourth-order valence-corrected chi connectivity index (χ4v) is 1.97. The van der Waals surface area contributed by atoms with Gasteiger partial charge in [-0.15, -0.1) is 0 Å². The number of hydrazine groups is 1. The quantitative estimate of drug-likeness (QED) is 0.495. The van der Waals surface area contributed by atoms with Crippen molar-refractivity contribution in [1.82, 2.24) is 10.9 Å². The Kier molecular flexibility index (Phi) is 6.84. The van der Waals surface area contributed by atoms with Gasteiger partial charge in [-0.1, -0.05) is 28.1 Å². The first-order valence-electron chi connectivity index (χ1n) is 5.94. The van der Waals surface area contributed by atoms with Crippen LogP contribution in [0, 0.1) is 0 Å². The molecule has 0 unspecified atom stereocenters. The molecular weight excluding hydrogens is 358 g/mol. The van der Waals surface area contributed by atoms with Crippen molar-refractivity contribution in [1.29, 1.82) is 0 Å². The summed E-state index contributed by atoms with van der Waals surface area (Å²) in [5.74, 6) is -0.665. The smallest absolute Gasteiger partial charge is 0.304 e. The second kappa shape index (κ2) is 8.39. The van der Waals surface area contributed by atoms with Gasteiger partial charge in [-0.3, -0.25) is 20.4 Å². The van der Waals surface area contributed by atoms with Crippen LogP contribution in [0.5, 0.6) is 0 Å². The molecule has 0 aliphatic heterocycles. The number of carbonyl (C=O) groups excluding carboxylic acids is 2. The van der Waals surface area contributed by atoms with E-state index in [-0.39, 0.29) is 30.8 Å². The summed E-state index contributed by atoms with van der Waals surface area (Å²) in [7, 11) is 0. The Bertz CT molecular complexity index is 623. The number of hydrogen-bond acceptors (Lipinski definition) is 2. The number of halogens is 2. The molecule has 21 heavy (non-hydrogen) atoms. The minimum absolute atomic E-state index is 0. The van der Waals surface area contributed by atoms with Crippen LogP contribution >= 0.6 is 15.9 Å². The summed E-state index contributed by atoms with van der Waals surface area (Å²) in [6, 6.07) is 12.4. The second-order valence-corrected chi connectivity index (χ2v) is 4.98. The van der Waals surface area contributed by atoms with Gasteiger partial charge in [0, 0.05) is 22.2 Å². The number of amides is 2. The van der Waals surface area contributed by atoms with E-state index >= 15 is 0 Å². The van der Waals surface area contributed by atoms with Crippen molar-refractivity contribution in [2.24, 2.45) is 0 Å². The molecule has 1 aromatic heterocycles. The van der Waals surface area contributed by atoms with E-state index in [1.807, 2.05) is 24.3 Å². The molecule has 2 N–H and O–H groups in total. The summed E-state index contributed by atoms with van der Waals surface area (Å²) in [5, 5.41) is 0. The highest BCUT2D eigenvalue weighted by Crippen LogP contribution is 2.11.